The van der Waals surface area contributed by atoms with Crippen LogP contribution in [0.25, 0.3) is 0 Å². The molecule has 0 fully saturated rings. The molecule has 1 unspecified atom stereocenters. The van der Waals surface area contributed by atoms with Gasteiger partial charge in [-0.2, -0.15) is 0 Å². The summed E-state index contributed by atoms with van der Waals surface area (Å²) in [7, 11) is 0. The SMILES string of the molecule is CC(C)(C)c1ccc(CC(Oc2ccccc2)C(N)=O)cc1. The minimum Gasteiger partial charge on any atom is -0.480 e. The maximum absolute atomic E-state index is 11.6. The Bertz CT molecular complexity index is 612. The predicted molar refractivity (Wildman–Crippen MR) is 88.9 cm³/mol. The zero-order valence-electron chi connectivity index (χ0n) is 13.4. The van der Waals surface area contributed by atoms with Crippen LogP contribution < -0.4 is 10.5 Å². The number of carbonyl (C=O) groups excluding carboxylic acids is 1. The molecule has 0 saturated heterocycles. The standard InChI is InChI=1S/C19H23NO2/c1-19(2,3)15-11-9-14(10-12-15)13-17(18(20)21)22-16-7-5-4-6-8-16/h4-12,17H,13H2,1-3H3,(H2,20,21). The topological polar surface area (TPSA) is 52.3 Å². The van der Waals surface area contributed by atoms with Gasteiger partial charge >= 0.3 is 0 Å². The molecule has 0 radical (unpaired) electrons. The Kier molecular flexibility index (Phi) is 4.86. The quantitative estimate of drug-likeness (QED) is 0.919. The molecule has 2 aromatic carbocycles. The number of carbonyl (C=O) groups is 1. The van der Waals surface area contributed by atoms with Gasteiger partial charge < -0.3 is 10.5 Å². The molecule has 0 aliphatic rings. The van der Waals surface area contributed by atoms with Crippen molar-refractivity contribution in [3.63, 3.8) is 0 Å². The van der Waals surface area contributed by atoms with E-state index in [1.165, 1.54) is 5.56 Å². The fourth-order valence-electron chi connectivity index (χ4n) is 2.22. The maximum Gasteiger partial charge on any atom is 0.258 e. The molecule has 0 heterocycles. The van der Waals surface area contributed by atoms with Crippen molar-refractivity contribution in [2.45, 2.75) is 38.7 Å². The van der Waals surface area contributed by atoms with Crippen molar-refractivity contribution in [2.24, 2.45) is 5.73 Å². The Morgan fingerprint density at radius 1 is 1.05 bits per heavy atom. The molecule has 3 heteroatoms. The first-order chi connectivity index (χ1) is 10.4. The lowest BCUT2D eigenvalue weighted by molar-refractivity contribution is -0.124. The van der Waals surface area contributed by atoms with Crippen LogP contribution in [-0.4, -0.2) is 12.0 Å². The van der Waals surface area contributed by atoms with Crippen LogP contribution in [-0.2, 0) is 16.6 Å². The van der Waals surface area contributed by atoms with Gasteiger partial charge in [-0.05, 0) is 28.7 Å². The molecule has 1 amide bonds. The van der Waals surface area contributed by atoms with E-state index in [0.29, 0.717) is 12.2 Å². The number of hydrogen-bond acceptors (Lipinski definition) is 2. The lowest BCUT2D eigenvalue weighted by Crippen LogP contribution is -2.35. The van der Waals surface area contributed by atoms with Crippen molar-refractivity contribution in [3.05, 3.63) is 65.7 Å². The summed E-state index contributed by atoms with van der Waals surface area (Å²) in [4.78, 5) is 11.6. The van der Waals surface area contributed by atoms with Gasteiger partial charge in [0.25, 0.3) is 5.91 Å². The Morgan fingerprint density at radius 3 is 2.14 bits per heavy atom. The van der Waals surface area contributed by atoms with Gasteiger partial charge in [0.2, 0.25) is 0 Å². The molecule has 2 aromatic rings. The van der Waals surface area contributed by atoms with Gasteiger partial charge in [-0.3, -0.25) is 4.79 Å². The van der Waals surface area contributed by atoms with Crippen LogP contribution in [0.5, 0.6) is 5.75 Å². The van der Waals surface area contributed by atoms with Crippen molar-refractivity contribution in [1.29, 1.82) is 0 Å². The average molecular weight is 297 g/mol. The summed E-state index contributed by atoms with van der Waals surface area (Å²) in [5.41, 5.74) is 7.88. The smallest absolute Gasteiger partial charge is 0.258 e. The van der Waals surface area contributed by atoms with Crippen molar-refractivity contribution < 1.29 is 9.53 Å². The van der Waals surface area contributed by atoms with E-state index in [1.807, 2.05) is 42.5 Å². The highest BCUT2D eigenvalue weighted by molar-refractivity contribution is 5.79. The second kappa shape index (κ2) is 6.65. The summed E-state index contributed by atoms with van der Waals surface area (Å²) >= 11 is 0. The Hall–Kier alpha value is -2.29. The number of benzene rings is 2. The largest absolute Gasteiger partial charge is 0.480 e. The highest BCUT2D eigenvalue weighted by atomic mass is 16.5. The number of rotatable bonds is 5. The van der Waals surface area contributed by atoms with E-state index in [4.69, 9.17) is 10.5 Å². The first kappa shape index (κ1) is 16.1. The molecule has 0 aliphatic heterocycles. The molecule has 3 nitrogen and oxygen atoms in total. The summed E-state index contributed by atoms with van der Waals surface area (Å²) in [6, 6.07) is 17.5. The fraction of sp³-hybridized carbons (Fsp3) is 0.316. The molecule has 0 saturated carbocycles. The van der Waals surface area contributed by atoms with Crippen molar-refractivity contribution in [1.82, 2.24) is 0 Å². The second-order valence-electron chi connectivity index (χ2n) is 6.47. The van der Waals surface area contributed by atoms with Crippen molar-refractivity contribution in [3.8, 4) is 5.75 Å². The highest BCUT2D eigenvalue weighted by Gasteiger charge is 2.19. The lowest BCUT2D eigenvalue weighted by atomic mass is 9.86. The molecule has 2 N–H and O–H groups in total. The Morgan fingerprint density at radius 2 is 1.64 bits per heavy atom. The first-order valence-corrected chi connectivity index (χ1v) is 7.47. The lowest BCUT2D eigenvalue weighted by Gasteiger charge is -2.20. The van der Waals surface area contributed by atoms with E-state index < -0.39 is 12.0 Å². The molecule has 0 spiro atoms. The molecular formula is C19H23NO2. The number of para-hydroxylation sites is 1. The molecule has 116 valence electrons. The number of nitrogens with two attached hydrogens (primary N) is 1. The Balaban J connectivity index is 2.10. The van der Waals surface area contributed by atoms with Crippen LogP contribution in [0.2, 0.25) is 0 Å². The van der Waals surface area contributed by atoms with Crippen LogP contribution in [0.15, 0.2) is 54.6 Å². The van der Waals surface area contributed by atoms with Crippen LogP contribution in [0, 0.1) is 0 Å². The predicted octanol–water partition coefficient (Wildman–Crippen LogP) is 3.46. The molecule has 22 heavy (non-hydrogen) atoms. The van der Waals surface area contributed by atoms with Gasteiger partial charge in [0.1, 0.15) is 5.75 Å². The van der Waals surface area contributed by atoms with Gasteiger partial charge in [0, 0.05) is 6.42 Å². The van der Waals surface area contributed by atoms with E-state index in [2.05, 4.69) is 32.9 Å². The zero-order valence-corrected chi connectivity index (χ0v) is 13.4. The van der Waals surface area contributed by atoms with E-state index >= 15 is 0 Å². The van der Waals surface area contributed by atoms with Crippen molar-refractivity contribution in [2.75, 3.05) is 0 Å². The number of hydrogen-bond donors (Lipinski definition) is 1. The Labute approximate surface area is 132 Å². The fourth-order valence-corrected chi connectivity index (χ4v) is 2.22. The van der Waals surface area contributed by atoms with Crippen LogP contribution >= 0.6 is 0 Å². The monoisotopic (exact) mass is 297 g/mol. The van der Waals surface area contributed by atoms with Crippen LogP contribution in [0.4, 0.5) is 0 Å². The number of primary amides is 1. The van der Waals surface area contributed by atoms with Gasteiger partial charge in [0.15, 0.2) is 6.10 Å². The molecule has 2 rings (SSSR count). The van der Waals surface area contributed by atoms with Gasteiger partial charge in [0.05, 0.1) is 0 Å². The van der Waals surface area contributed by atoms with E-state index in [9.17, 15) is 4.79 Å². The molecular weight excluding hydrogens is 274 g/mol. The number of ether oxygens (including phenoxy) is 1. The third-order valence-electron chi connectivity index (χ3n) is 3.58. The summed E-state index contributed by atoms with van der Waals surface area (Å²) in [6.45, 7) is 6.52. The molecule has 1 atom stereocenters. The minimum atomic E-state index is -0.664. The normalized spacial score (nSPS) is 12.7. The average Bonchev–Trinajstić information content (AvgIpc) is 2.47. The summed E-state index contributed by atoms with van der Waals surface area (Å²) in [6.07, 6.45) is -0.197. The molecule has 0 aliphatic carbocycles. The van der Waals surface area contributed by atoms with E-state index in [1.54, 1.807) is 0 Å². The first-order valence-electron chi connectivity index (χ1n) is 7.47. The molecule has 0 aromatic heterocycles. The van der Waals surface area contributed by atoms with Crippen molar-refractivity contribution >= 4 is 5.91 Å². The third kappa shape index (κ3) is 4.35. The van der Waals surface area contributed by atoms with Gasteiger partial charge in [-0.15, -0.1) is 0 Å². The zero-order chi connectivity index (χ0) is 16.2. The van der Waals surface area contributed by atoms with Gasteiger partial charge in [-0.1, -0.05) is 63.2 Å². The van der Waals surface area contributed by atoms with Crippen LogP contribution in [0.1, 0.15) is 31.9 Å². The van der Waals surface area contributed by atoms with E-state index in [0.717, 1.165) is 5.56 Å². The van der Waals surface area contributed by atoms with Gasteiger partial charge in [-0.25, -0.2) is 0 Å². The second-order valence-corrected chi connectivity index (χ2v) is 6.47. The third-order valence-corrected chi connectivity index (χ3v) is 3.58. The summed E-state index contributed by atoms with van der Waals surface area (Å²) in [5.74, 6) is 0.196. The minimum absolute atomic E-state index is 0.113. The summed E-state index contributed by atoms with van der Waals surface area (Å²) < 4.78 is 5.70. The number of amides is 1. The van der Waals surface area contributed by atoms with E-state index in [-0.39, 0.29) is 5.41 Å². The molecule has 0 bridgehead atoms. The summed E-state index contributed by atoms with van der Waals surface area (Å²) in [5, 5.41) is 0. The van der Waals surface area contributed by atoms with Crippen LogP contribution in [0.3, 0.4) is 0 Å². The maximum atomic E-state index is 11.6. The highest BCUT2D eigenvalue weighted by Crippen LogP contribution is 2.23.